The number of thiophene rings is 1. The average Bonchev–Trinajstić information content (AvgIpc) is 3.28. The van der Waals surface area contributed by atoms with Gasteiger partial charge in [-0.3, -0.25) is 0 Å². The minimum Gasteiger partial charge on any atom is -0.303 e. The quantitative estimate of drug-likeness (QED) is 0.155. The summed E-state index contributed by atoms with van der Waals surface area (Å²) in [6, 6.07) is 4.51. The van der Waals surface area contributed by atoms with E-state index in [4.69, 9.17) is 0 Å². The van der Waals surface area contributed by atoms with E-state index in [0.29, 0.717) is 0 Å². The Morgan fingerprint density at radius 1 is 0.567 bits per heavy atom. The molecule has 0 spiro atoms. The van der Waals surface area contributed by atoms with E-state index in [9.17, 15) is 0 Å². The van der Waals surface area contributed by atoms with Crippen LogP contribution in [0.25, 0.3) is 0 Å². The van der Waals surface area contributed by atoms with E-state index in [-0.39, 0.29) is 0 Å². The second kappa shape index (κ2) is 21.9. The summed E-state index contributed by atoms with van der Waals surface area (Å²) in [5.74, 6) is 0. The normalized spacial score (nSPS) is 11.6. The maximum absolute atomic E-state index is 2.77. The first-order chi connectivity index (χ1) is 14.9. The highest BCUT2D eigenvalue weighted by molar-refractivity contribution is 7.09. The van der Waals surface area contributed by atoms with Gasteiger partial charge in [0.05, 0.1) is 0 Å². The molecule has 0 bridgehead atoms. The summed E-state index contributed by atoms with van der Waals surface area (Å²) in [7, 11) is 0. The van der Waals surface area contributed by atoms with Crippen molar-refractivity contribution in [1.82, 2.24) is 4.90 Å². The van der Waals surface area contributed by atoms with Crippen molar-refractivity contribution in [2.75, 3.05) is 19.6 Å². The molecule has 30 heavy (non-hydrogen) atoms. The Labute approximate surface area is 194 Å². The molecule has 1 aromatic rings. The molecule has 0 aliphatic carbocycles. The van der Waals surface area contributed by atoms with Gasteiger partial charge in [-0.05, 0) is 43.8 Å². The van der Waals surface area contributed by atoms with Gasteiger partial charge in [0.1, 0.15) is 0 Å². The van der Waals surface area contributed by atoms with E-state index in [1.54, 1.807) is 4.88 Å². The lowest BCUT2D eigenvalue weighted by Crippen LogP contribution is -2.28. The monoisotopic (exact) mass is 435 g/mol. The van der Waals surface area contributed by atoms with Gasteiger partial charge >= 0.3 is 0 Å². The molecule has 0 aromatic carbocycles. The molecule has 0 atom stereocenters. The lowest BCUT2D eigenvalue weighted by molar-refractivity contribution is 0.263. The Morgan fingerprint density at radius 2 is 1.00 bits per heavy atom. The Balaban J connectivity index is 2.09. The molecule has 1 rings (SSSR count). The van der Waals surface area contributed by atoms with E-state index in [1.807, 2.05) is 11.3 Å². The van der Waals surface area contributed by atoms with Crippen molar-refractivity contribution in [2.45, 2.75) is 136 Å². The third-order valence-electron chi connectivity index (χ3n) is 6.41. The third-order valence-corrected chi connectivity index (χ3v) is 7.35. The van der Waals surface area contributed by atoms with Crippen LogP contribution in [0.1, 0.15) is 134 Å². The largest absolute Gasteiger partial charge is 0.303 e. The Kier molecular flexibility index (Phi) is 20.2. The smallest absolute Gasteiger partial charge is 0.00579 e. The summed E-state index contributed by atoms with van der Waals surface area (Å²) < 4.78 is 0. The molecule has 2 heteroatoms. The van der Waals surface area contributed by atoms with Crippen LogP contribution in [0.4, 0.5) is 0 Å². The Morgan fingerprint density at radius 3 is 1.40 bits per heavy atom. The third kappa shape index (κ3) is 17.4. The molecule has 0 radical (unpaired) electrons. The molecular formula is C28H53NS. The van der Waals surface area contributed by atoms with Gasteiger partial charge in [-0.1, -0.05) is 123 Å². The first kappa shape index (κ1) is 27.7. The van der Waals surface area contributed by atoms with Crippen molar-refractivity contribution in [2.24, 2.45) is 0 Å². The summed E-state index contributed by atoms with van der Waals surface area (Å²) in [5, 5.41) is 2.22. The van der Waals surface area contributed by atoms with Crippen LogP contribution in [0.2, 0.25) is 0 Å². The fourth-order valence-electron chi connectivity index (χ4n) is 4.35. The molecule has 0 saturated carbocycles. The van der Waals surface area contributed by atoms with E-state index in [1.165, 1.54) is 142 Å². The number of nitrogens with zero attached hydrogens (tertiary/aromatic N) is 1. The maximum Gasteiger partial charge on any atom is 0.00579 e. The first-order valence-corrected chi connectivity index (χ1v) is 14.5. The van der Waals surface area contributed by atoms with E-state index in [0.717, 1.165) is 0 Å². The summed E-state index contributed by atoms with van der Waals surface area (Å²) in [6.07, 6.45) is 27.0. The van der Waals surface area contributed by atoms with Crippen LogP contribution < -0.4 is 0 Å². The number of hydrogen-bond donors (Lipinski definition) is 0. The summed E-state index contributed by atoms with van der Waals surface area (Å²) in [4.78, 5) is 4.32. The summed E-state index contributed by atoms with van der Waals surface area (Å²) in [6.45, 7) is 8.50. The molecule has 0 saturated heterocycles. The van der Waals surface area contributed by atoms with E-state index >= 15 is 0 Å². The SMILES string of the molecule is CCCCCCCCCCCN(CCCCCCCCCCC)CCc1cccs1. The highest BCUT2D eigenvalue weighted by Gasteiger charge is 2.06. The van der Waals surface area contributed by atoms with Crippen molar-refractivity contribution in [1.29, 1.82) is 0 Å². The highest BCUT2D eigenvalue weighted by atomic mass is 32.1. The minimum absolute atomic E-state index is 1.24. The molecule has 176 valence electrons. The maximum atomic E-state index is 2.77. The van der Waals surface area contributed by atoms with Crippen LogP contribution >= 0.6 is 11.3 Å². The van der Waals surface area contributed by atoms with Crippen LogP contribution in [0, 0.1) is 0 Å². The van der Waals surface area contributed by atoms with Gasteiger partial charge in [0, 0.05) is 11.4 Å². The molecular weight excluding hydrogens is 382 g/mol. The van der Waals surface area contributed by atoms with Crippen LogP contribution in [0.3, 0.4) is 0 Å². The van der Waals surface area contributed by atoms with E-state index < -0.39 is 0 Å². The van der Waals surface area contributed by atoms with Gasteiger partial charge < -0.3 is 4.90 Å². The predicted octanol–water partition coefficient (Wildman–Crippen LogP) is 9.65. The zero-order chi connectivity index (χ0) is 21.5. The van der Waals surface area contributed by atoms with Crippen LogP contribution in [0.15, 0.2) is 17.5 Å². The van der Waals surface area contributed by atoms with Crippen molar-refractivity contribution < 1.29 is 0 Å². The van der Waals surface area contributed by atoms with Gasteiger partial charge in [0.25, 0.3) is 0 Å². The topological polar surface area (TPSA) is 3.24 Å². The molecule has 0 fully saturated rings. The number of hydrogen-bond acceptors (Lipinski definition) is 2. The number of rotatable bonds is 23. The fraction of sp³-hybridized carbons (Fsp3) is 0.857. The van der Waals surface area contributed by atoms with Gasteiger partial charge in [-0.25, -0.2) is 0 Å². The fourth-order valence-corrected chi connectivity index (χ4v) is 5.05. The lowest BCUT2D eigenvalue weighted by Gasteiger charge is -2.22. The molecule has 0 amide bonds. The highest BCUT2D eigenvalue weighted by Crippen LogP contribution is 2.14. The van der Waals surface area contributed by atoms with Gasteiger partial charge in [0.2, 0.25) is 0 Å². The molecule has 0 unspecified atom stereocenters. The molecule has 1 heterocycles. The standard InChI is InChI=1S/C28H53NS/c1-3-5-7-9-11-13-15-17-19-24-29(26-23-28-22-21-27-30-28)25-20-18-16-14-12-10-8-6-4-2/h21-22,27H,3-20,23-26H2,1-2H3. The summed E-state index contributed by atoms with van der Waals surface area (Å²) in [5.41, 5.74) is 0. The second-order valence-corrected chi connectivity index (χ2v) is 10.4. The Hall–Kier alpha value is -0.340. The predicted molar refractivity (Wildman–Crippen MR) is 139 cm³/mol. The average molecular weight is 436 g/mol. The second-order valence-electron chi connectivity index (χ2n) is 9.33. The number of unbranched alkanes of at least 4 members (excludes halogenated alkanes) is 16. The summed E-state index contributed by atoms with van der Waals surface area (Å²) >= 11 is 1.92. The van der Waals surface area contributed by atoms with Gasteiger partial charge in [-0.2, -0.15) is 0 Å². The molecule has 0 aliphatic rings. The first-order valence-electron chi connectivity index (χ1n) is 13.6. The molecule has 0 aliphatic heterocycles. The minimum atomic E-state index is 1.24. The van der Waals surface area contributed by atoms with Crippen LogP contribution in [-0.4, -0.2) is 24.5 Å². The van der Waals surface area contributed by atoms with Crippen molar-refractivity contribution >= 4 is 11.3 Å². The Bertz CT molecular complexity index is 406. The van der Waals surface area contributed by atoms with Crippen LogP contribution in [-0.2, 0) is 6.42 Å². The van der Waals surface area contributed by atoms with Crippen molar-refractivity contribution in [3.63, 3.8) is 0 Å². The zero-order valence-corrected chi connectivity index (χ0v) is 21.5. The van der Waals surface area contributed by atoms with E-state index in [2.05, 4.69) is 36.3 Å². The molecule has 1 nitrogen and oxygen atoms in total. The molecule has 1 aromatic heterocycles. The lowest BCUT2D eigenvalue weighted by atomic mass is 10.1. The van der Waals surface area contributed by atoms with Gasteiger partial charge in [0.15, 0.2) is 0 Å². The van der Waals surface area contributed by atoms with Crippen molar-refractivity contribution in [3.05, 3.63) is 22.4 Å². The molecule has 0 N–H and O–H groups in total. The van der Waals surface area contributed by atoms with Gasteiger partial charge in [-0.15, -0.1) is 11.3 Å². The van der Waals surface area contributed by atoms with Crippen molar-refractivity contribution in [3.8, 4) is 0 Å². The zero-order valence-electron chi connectivity index (χ0n) is 20.6. The van der Waals surface area contributed by atoms with Crippen LogP contribution in [0.5, 0.6) is 0 Å².